The van der Waals surface area contributed by atoms with Gasteiger partial charge >= 0.3 is 0 Å². The van der Waals surface area contributed by atoms with Gasteiger partial charge in [0.05, 0.1) is 5.25 Å². The van der Waals surface area contributed by atoms with Gasteiger partial charge in [-0.05, 0) is 38.0 Å². The Morgan fingerprint density at radius 2 is 2.22 bits per heavy atom. The third-order valence-corrected chi connectivity index (χ3v) is 5.17. The molecule has 0 saturated carbocycles. The maximum atomic E-state index is 12.4. The number of amides is 1. The molecule has 1 atom stereocenters. The van der Waals surface area contributed by atoms with Crippen LogP contribution in [0.15, 0.2) is 35.2 Å². The summed E-state index contributed by atoms with van der Waals surface area (Å²) in [5, 5.41) is 14.7. The van der Waals surface area contributed by atoms with Gasteiger partial charge in [-0.2, -0.15) is 0 Å². The first-order valence-electron chi connectivity index (χ1n) is 7.22. The lowest BCUT2D eigenvalue weighted by Crippen LogP contribution is -2.22. The Morgan fingerprint density at radius 1 is 1.43 bits per heavy atom. The van der Waals surface area contributed by atoms with Crippen LogP contribution in [-0.2, 0) is 4.79 Å². The van der Waals surface area contributed by atoms with Gasteiger partial charge < -0.3 is 10.6 Å². The topological polar surface area (TPSA) is 66.9 Å². The molecule has 2 aromatic rings. The number of rotatable bonds is 7. The van der Waals surface area contributed by atoms with Gasteiger partial charge in [-0.25, -0.2) is 0 Å². The van der Waals surface area contributed by atoms with Crippen LogP contribution in [0.4, 0.5) is 10.8 Å². The first kappa shape index (κ1) is 17.5. The first-order valence-corrected chi connectivity index (χ1v) is 8.92. The highest BCUT2D eigenvalue weighted by molar-refractivity contribution is 8.02. The number of aromatic nitrogens is 2. The van der Waals surface area contributed by atoms with E-state index in [4.69, 9.17) is 0 Å². The SMILES string of the molecule is C=CCNc1nnc(S[C@H](C)C(=O)Nc2cc(C)ccc2C)s1. The Morgan fingerprint density at radius 3 is 2.96 bits per heavy atom. The number of benzene rings is 1. The van der Waals surface area contributed by atoms with E-state index >= 15 is 0 Å². The summed E-state index contributed by atoms with van der Waals surface area (Å²) in [6.45, 7) is 10.1. The highest BCUT2D eigenvalue weighted by Crippen LogP contribution is 2.29. The van der Waals surface area contributed by atoms with E-state index in [1.54, 1.807) is 6.08 Å². The zero-order valence-corrected chi connectivity index (χ0v) is 15.1. The first-order chi connectivity index (χ1) is 11.0. The van der Waals surface area contributed by atoms with E-state index < -0.39 is 0 Å². The molecule has 0 saturated heterocycles. The van der Waals surface area contributed by atoms with Crippen molar-refractivity contribution < 1.29 is 4.79 Å². The van der Waals surface area contributed by atoms with Gasteiger partial charge in [-0.15, -0.1) is 16.8 Å². The van der Waals surface area contributed by atoms with E-state index in [-0.39, 0.29) is 11.2 Å². The number of nitrogens with one attached hydrogen (secondary N) is 2. The number of carbonyl (C=O) groups excluding carboxylic acids is 1. The predicted molar refractivity (Wildman–Crippen MR) is 98.5 cm³/mol. The van der Waals surface area contributed by atoms with Crippen molar-refractivity contribution in [3.8, 4) is 0 Å². The molecule has 1 heterocycles. The molecule has 23 heavy (non-hydrogen) atoms. The Bertz CT molecular complexity index is 699. The number of nitrogens with zero attached hydrogens (tertiary/aromatic N) is 2. The second-order valence-electron chi connectivity index (χ2n) is 5.11. The highest BCUT2D eigenvalue weighted by Gasteiger charge is 2.18. The standard InChI is InChI=1S/C16H20N4OS2/c1-5-8-17-15-19-20-16(23-15)22-12(4)14(21)18-13-9-10(2)6-7-11(13)3/h5-7,9,12H,1,8H2,2-4H3,(H,17,19)(H,18,21)/t12-/m1/s1. The Balaban J connectivity index is 1.95. The maximum absolute atomic E-state index is 12.4. The third kappa shape index (κ3) is 5.07. The summed E-state index contributed by atoms with van der Waals surface area (Å²) in [6, 6.07) is 6.01. The van der Waals surface area contributed by atoms with E-state index in [2.05, 4.69) is 27.4 Å². The van der Waals surface area contributed by atoms with Crippen LogP contribution in [0, 0.1) is 13.8 Å². The van der Waals surface area contributed by atoms with E-state index in [1.165, 1.54) is 23.1 Å². The summed E-state index contributed by atoms with van der Waals surface area (Å²) in [7, 11) is 0. The van der Waals surface area contributed by atoms with Crippen LogP contribution in [0.5, 0.6) is 0 Å². The molecule has 0 aliphatic heterocycles. The van der Waals surface area contributed by atoms with Crippen LogP contribution in [0.2, 0.25) is 0 Å². The van der Waals surface area contributed by atoms with Gasteiger partial charge in [0.1, 0.15) is 0 Å². The number of carbonyl (C=O) groups is 1. The molecule has 0 spiro atoms. The average molecular weight is 348 g/mol. The molecular formula is C16H20N4OS2. The second kappa shape index (κ2) is 8.12. The second-order valence-corrected chi connectivity index (χ2v) is 7.68. The largest absolute Gasteiger partial charge is 0.357 e. The number of anilines is 2. The molecule has 0 unspecified atom stereocenters. The van der Waals surface area contributed by atoms with Crippen LogP contribution < -0.4 is 10.6 Å². The van der Waals surface area contributed by atoms with Crippen molar-refractivity contribution in [2.75, 3.05) is 17.2 Å². The van der Waals surface area contributed by atoms with Crippen LogP contribution in [-0.4, -0.2) is 27.9 Å². The average Bonchev–Trinajstić information content (AvgIpc) is 2.96. The fourth-order valence-corrected chi connectivity index (χ4v) is 3.70. The predicted octanol–water partition coefficient (Wildman–Crippen LogP) is 3.87. The molecule has 0 aliphatic carbocycles. The minimum Gasteiger partial charge on any atom is -0.357 e. The Hall–Kier alpha value is -1.86. The molecule has 7 heteroatoms. The Labute approximate surface area is 144 Å². The molecule has 1 aromatic carbocycles. The number of thioether (sulfide) groups is 1. The smallest absolute Gasteiger partial charge is 0.237 e. The highest BCUT2D eigenvalue weighted by atomic mass is 32.2. The fourth-order valence-electron chi connectivity index (χ4n) is 1.80. The van der Waals surface area contributed by atoms with Crippen LogP contribution in [0.25, 0.3) is 0 Å². The zero-order valence-electron chi connectivity index (χ0n) is 13.4. The van der Waals surface area contributed by atoms with Crippen LogP contribution >= 0.6 is 23.1 Å². The van der Waals surface area contributed by atoms with E-state index in [0.29, 0.717) is 6.54 Å². The van der Waals surface area contributed by atoms with Crippen LogP contribution in [0.3, 0.4) is 0 Å². The molecule has 122 valence electrons. The lowest BCUT2D eigenvalue weighted by molar-refractivity contribution is -0.115. The van der Waals surface area contributed by atoms with Crippen molar-refractivity contribution in [1.82, 2.24) is 10.2 Å². The summed E-state index contributed by atoms with van der Waals surface area (Å²) in [6.07, 6.45) is 1.76. The fraction of sp³-hybridized carbons (Fsp3) is 0.312. The molecule has 0 fully saturated rings. The molecule has 0 bridgehead atoms. The minimum atomic E-state index is -0.255. The zero-order chi connectivity index (χ0) is 16.8. The minimum absolute atomic E-state index is 0.0421. The monoisotopic (exact) mass is 348 g/mol. The quantitative estimate of drug-likeness (QED) is 0.587. The molecule has 5 nitrogen and oxygen atoms in total. The van der Waals surface area contributed by atoms with E-state index in [0.717, 1.165) is 26.3 Å². The number of hydrogen-bond donors (Lipinski definition) is 2. The number of aryl methyl sites for hydroxylation is 2. The van der Waals surface area contributed by atoms with E-state index in [1.807, 2.05) is 39.0 Å². The van der Waals surface area contributed by atoms with Gasteiger partial charge in [0.2, 0.25) is 11.0 Å². The summed E-state index contributed by atoms with van der Waals surface area (Å²) >= 11 is 2.83. The summed E-state index contributed by atoms with van der Waals surface area (Å²) in [4.78, 5) is 12.4. The van der Waals surface area contributed by atoms with Crippen molar-refractivity contribution in [3.63, 3.8) is 0 Å². The normalized spacial score (nSPS) is 11.8. The van der Waals surface area contributed by atoms with Gasteiger partial charge in [0.25, 0.3) is 0 Å². The lowest BCUT2D eigenvalue weighted by atomic mass is 10.1. The molecule has 2 N–H and O–H groups in total. The van der Waals surface area contributed by atoms with Gasteiger partial charge in [-0.3, -0.25) is 4.79 Å². The summed E-state index contributed by atoms with van der Waals surface area (Å²) < 4.78 is 0.764. The molecule has 0 radical (unpaired) electrons. The number of hydrogen-bond acceptors (Lipinski definition) is 6. The van der Waals surface area contributed by atoms with Crippen molar-refractivity contribution >= 4 is 39.8 Å². The molecule has 2 rings (SSSR count). The summed E-state index contributed by atoms with van der Waals surface area (Å²) in [5.74, 6) is -0.0421. The van der Waals surface area contributed by atoms with Crippen molar-refractivity contribution in [1.29, 1.82) is 0 Å². The van der Waals surface area contributed by atoms with Crippen molar-refractivity contribution in [2.45, 2.75) is 30.4 Å². The van der Waals surface area contributed by atoms with Crippen LogP contribution in [0.1, 0.15) is 18.1 Å². The van der Waals surface area contributed by atoms with Crippen molar-refractivity contribution in [2.24, 2.45) is 0 Å². The molecule has 1 amide bonds. The van der Waals surface area contributed by atoms with Gasteiger partial charge in [0.15, 0.2) is 4.34 Å². The van der Waals surface area contributed by atoms with Gasteiger partial charge in [-0.1, -0.05) is 41.3 Å². The molecule has 1 aromatic heterocycles. The molecular weight excluding hydrogens is 328 g/mol. The van der Waals surface area contributed by atoms with Gasteiger partial charge in [0, 0.05) is 12.2 Å². The van der Waals surface area contributed by atoms with Crippen molar-refractivity contribution in [3.05, 3.63) is 42.0 Å². The maximum Gasteiger partial charge on any atom is 0.237 e. The molecule has 0 aliphatic rings. The van der Waals surface area contributed by atoms with E-state index in [9.17, 15) is 4.79 Å². The third-order valence-electron chi connectivity index (χ3n) is 3.10. The lowest BCUT2D eigenvalue weighted by Gasteiger charge is -2.12. The Kier molecular flexibility index (Phi) is 6.18. The summed E-state index contributed by atoms with van der Waals surface area (Å²) in [5.41, 5.74) is 3.02.